The van der Waals surface area contributed by atoms with Gasteiger partial charge < -0.3 is 0 Å². The molecule has 0 radical (unpaired) electrons. The second-order valence-electron chi connectivity index (χ2n) is 5.74. The minimum absolute atomic E-state index is 0.127. The lowest BCUT2D eigenvalue weighted by atomic mass is 10.1. The average molecular weight is 331 g/mol. The van der Waals surface area contributed by atoms with Crippen LogP contribution in [0.15, 0.2) is 85.1 Å². The van der Waals surface area contributed by atoms with Crippen molar-refractivity contribution in [2.75, 3.05) is 12.0 Å². The van der Waals surface area contributed by atoms with Crippen molar-refractivity contribution in [3.05, 3.63) is 96.3 Å². The number of aromatic nitrogens is 1. The molecule has 3 rings (SSSR count). The van der Waals surface area contributed by atoms with E-state index < -0.39 is 0 Å². The minimum atomic E-state index is -0.127. The zero-order valence-corrected chi connectivity index (χ0v) is 14.0. The quantitative estimate of drug-likeness (QED) is 0.661. The highest BCUT2D eigenvalue weighted by molar-refractivity contribution is 5.93. The third-order valence-electron chi connectivity index (χ3n) is 3.86. The van der Waals surface area contributed by atoms with Crippen LogP contribution < -0.4 is 5.43 Å². The Kier molecular flexibility index (Phi) is 5.77. The van der Waals surface area contributed by atoms with Gasteiger partial charge in [-0.25, -0.2) is 0 Å². The summed E-state index contributed by atoms with van der Waals surface area (Å²) >= 11 is 0. The number of carbonyl (C=O) groups is 1. The third kappa shape index (κ3) is 4.91. The Morgan fingerprint density at radius 3 is 2.24 bits per heavy atom. The molecule has 0 aliphatic carbocycles. The van der Waals surface area contributed by atoms with Gasteiger partial charge in [-0.15, -0.1) is 0 Å². The number of anilines is 1. The largest absolute Gasteiger partial charge is 0.296 e. The maximum Gasteiger partial charge on any atom is 0.290 e. The van der Waals surface area contributed by atoms with Crippen molar-refractivity contribution < 1.29 is 4.79 Å². The Morgan fingerprint density at radius 2 is 1.56 bits per heavy atom. The first-order valence-electron chi connectivity index (χ1n) is 8.41. The normalized spacial score (nSPS) is 10.2. The van der Waals surface area contributed by atoms with Gasteiger partial charge >= 0.3 is 0 Å². The lowest BCUT2D eigenvalue weighted by Crippen LogP contribution is -2.37. The van der Waals surface area contributed by atoms with Crippen LogP contribution in [-0.4, -0.2) is 22.4 Å². The lowest BCUT2D eigenvalue weighted by Gasteiger charge is -2.24. The molecule has 126 valence electrons. The zero-order valence-electron chi connectivity index (χ0n) is 14.0. The molecular weight excluding hydrogens is 310 g/mol. The standard InChI is InChI=1S/C21H21N3O/c25-21(20-15-7-8-16-22-20)24(23-19-13-5-2-6-14-19)17-9-12-18-10-3-1-4-11-18/h1-8,10-11,13-16,23H,9,12,17H2. The van der Waals surface area contributed by atoms with E-state index in [0.717, 1.165) is 18.5 Å². The first-order valence-corrected chi connectivity index (χ1v) is 8.41. The maximum absolute atomic E-state index is 12.8. The first kappa shape index (κ1) is 16.7. The summed E-state index contributed by atoms with van der Waals surface area (Å²) in [7, 11) is 0. The summed E-state index contributed by atoms with van der Waals surface area (Å²) in [6.07, 6.45) is 3.42. The molecule has 0 atom stereocenters. The Labute approximate surface area is 148 Å². The van der Waals surface area contributed by atoms with Crippen molar-refractivity contribution in [2.24, 2.45) is 0 Å². The van der Waals surface area contributed by atoms with Gasteiger partial charge in [0.1, 0.15) is 5.69 Å². The number of hydrogen-bond donors (Lipinski definition) is 1. The summed E-state index contributed by atoms with van der Waals surface area (Å²) < 4.78 is 0. The number of benzene rings is 2. The van der Waals surface area contributed by atoms with Crippen molar-refractivity contribution in [3.63, 3.8) is 0 Å². The lowest BCUT2D eigenvalue weighted by molar-refractivity contribution is 0.0786. The van der Waals surface area contributed by atoms with E-state index in [9.17, 15) is 4.79 Å². The molecule has 4 heteroatoms. The van der Waals surface area contributed by atoms with Gasteiger partial charge in [-0.05, 0) is 42.7 Å². The molecule has 1 N–H and O–H groups in total. The van der Waals surface area contributed by atoms with Crippen molar-refractivity contribution in [2.45, 2.75) is 12.8 Å². The van der Waals surface area contributed by atoms with Crippen LogP contribution in [0.5, 0.6) is 0 Å². The van der Waals surface area contributed by atoms with Gasteiger partial charge in [0.25, 0.3) is 5.91 Å². The summed E-state index contributed by atoms with van der Waals surface area (Å²) in [6.45, 7) is 0.596. The summed E-state index contributed by atoms with van der Waals surface area (Å²) in [5.74, 6) is -0.127. The molecule has 1 aromatic heterocycles. The number of carbonyl (C=O) groups excluding carboxylic acids is 1. The molecule has 0 saturated heterocycles. The Hall–Kier alpha value is -3.14. The zero-order chi connectivity index (χ0) is 17.3. The monoisotopic (exact) mass is 331 g/mol. The van der Waals surface area contributed by atoms with E-state index >= 15 is 0 Å². The van der Waals surface area contributed by atoms with Gasteiger partial charge in [-0.1, -0.05) is 54.6 Å². The Balaban J connectivity index is 1.68. The van der Waals surface area contributed by atoms with E-state index in [1.54, 1.807) is 23.3 Å². The predicted molar refractivity (Wildman–Crippen MR) is 100 cm³/mol. The van der Waals surface area contributed by atoms with Crippen LogP contribution in [0, 0.1) is 0 Å². The summed E-state index contributed by atoms with van der Waals surface area (Å²) in [5, 5.41) is 1.64. The van der Waals surface area contributed by atoms with Gasteiger partial charge in [-0.3, -0.25) is 20.2 Å². The van der Waals surface area contributed by atoms with Gasteiger partial charge in [-0.2, -0.15) is 0 Å². The average Bonchev–Trinajstić information content (AvgIpc) is 2.69. The molecule has 0 bridgehead atoms. The fourth-order valence-electron chi connectivity index (χ4n) is 2.59. The smallest absolute Gasteiger partial charge is 0.290 e. The molecule has 1 heterocycles. The highest BCUT2D eigenvalue weighted by Crippen LogP contribution is 2.11. The number of nitrogens with one attached hydrogen (secondary N) is 1. The number of amides is 1. The van der Waals surface area contributed by atoms with Crippen molar-refractivity contribution in [1.82, 2.24) is 9.99 Å². The van der Waals surface area contributed by atoms with Crippen LogP contribution in [-0.2, 0) is 6.42 Å². The molecular formula is C21H21N3O. The van der Waals surface area contributed by atoms with Gasteiger partial charge in [0.2, 0.25) is 0 Å². The highest BCUT2D eigenvalue weighted by atomic mass is 16.2. The molecule has 0 saturated carbocycles. The number of nitrogens with zero attached hydrogens (tertiary/aromatic N) is 2. The molecule has 1 amide bonds. The number of rotatable bonds is 7. The van der Waals surface area contributed by atoms with E-state index in [2.05, 4.69) is 22.5 Å². The Morgan fingerprint density at radius 1 is 0.880 bits per heavy atom. The van der Waals surface area contributed by atoms with Crippen molar-refractivity contribution in [1.29, 1.82) is 0 Å². The van der Waals surface area contributed by atoms with Crippen LogP contribution in [0.4, 0.5) is 5.69 Å². The molecule has 2 aromatic carbocycles. The second kappa shape index (κ2) is 8.64. The van der Waals surface area contributed by atoms with Crippen LogP contribution in [0.3, 0.4) is 0 Å². The van der Waals surface area contributed by atoms with E-state index in [1.807, 2.05) is 54.6 Å². The summed E-state index contributed by atoms with van der Waals surface area (Å²) in [5.41, 5.74) is 5.79. The summed E-state index contributed by atoms with van der Waals surface area (Å²) in [6, 6.07) is 25.4. The molecule has 25 heavy (non-hydrogen) atoms. The van der Waals surface area contributed by atoms with Crippen molar-refractivity contribution in [3.8, 4) is 0 Å². The van der Waals surface area contributed by atoms with Crippen LogP contribution in [0.1, 0.15) is 22.5 Å². The van der Waals surface area contributed by atoms with E-state index in [-0.39, 0.29) is 5.91 Å². The number of pyridine rings is 1. The maximum atomic E-state index is 12.8. The predicted octanol–water partition coefficient (Wildman–Crippen LogP) is 4.18. The van der Waals surface area contributed by atoms with Crippen LogP contribution in [0.25, 0.3) is 0 Å². The highest BCUT2D eigenvalue weighted by Gasteiger charge is 2.16. The third-order valence-corrected chi connectivity index (χ3v) is 3.86. The first-order chi connectivity index (χ1) is 12.3. The number of para-hydroxylation sites is 1. The van der Waals surface area contributed by atoms with Gasteiger partial charge in [0, 0.05) is 12.7 Å². The Bertz CT molecular complexity index is 776. The molecule has 0 fully saturated rings. The molecule has 0 aliphatic heterocycles. The van der Waals surface area contributed by atoms with Crippen LogP contribution in [0.2, 0.25) is 0 Å². The molecule has 0 aliphatic rings. The molecule has 0 spiro atoms. The van der Waals surface area contributed by atoms with E-state index in [4.69, 9.17) is 0 Å². The number of hydrogen-bond acceptors (Lipinski definition) is 3. The van der Waals surface area contributed by atoms with Crippen LogP contribution >= 0.6 is 0 Å². The van der Waals surface area contributed by atoms with Gasteiger partial charge in [0.05, 0.1) is 5.69 Å². The molecule has 0 unspecified atom stereocenters. The number of hydrazine groups is 1. The fraction of sp³-hybridized carbons (Fsp3) is 0.143. The summed E-state index contributed by atoms with van der Waals surface area (Å²) in [4.78, 5) is 17.0. The number of aryl methyl sites for hydroxylation is 1. The van der Waals surface area contributed by atoms with E-state index in [0.29, 0.717) is 12.2 Å². The van der Waals surface area contributed by atoms with Gasteiger partial charge in [0.15, 0.2) is 0 Å². The molecule has 3 aromatic rings. The van der Waals surface area contributed by atoms with Crippen molar-refractivity contribution >= 4 is 11.6 Å². The SMILES string of the molecule is O=C(c1ccccn1)N(CCCc1ccccc1)Nc1ccccc1. The second-order valence-corrected chi connectivity index (χ2v) is 5.74. The fourth-order valence-corrected chi connectivity index (χ4v) is 2.59. The van der Waals surface area contributed by atoms with E-state index in [1.165, 1.54) is 5.56 Å². The topological polar surface area (TPSA) is 45.2 Å². The minimum Gasteiger partial charge on any atom is -0.296 e. The molecule has 4 nitrogen and oxygen atoms in total.